The molecule has 1 fully saturated rings. The molecular formula is C19H21F3N4O2. The summed E-state index contributed by atoms with van der Waals surface area (Å²) >= 11 is 0. The van der Waals surface area contributed by atoms with Crippen LogP contribution in [0, 0.1) is 6.92 Å². The molecule has 0 atom stereocenters. The van der Waals surface area contributed by atoms with Crippen LogP contribution in [0.15, 0.2) is 30.5 Å². The molecule has 1 N–H and O–H groups in total. The standard InChI is InChI=1S/C19H21F3N4O2/c1-13-16(18(28)23-8-7-17(27)25-9-2-3-10-25)12-24-26(13)15-6-4-5-14(11-15)19(20,21)22/h4-6,11-12H,2-3,7-10H2,1H3,(H,23,28). The van der Waals surface area contributed by atoms with Crippen molar-refractivity contribution in [2.45, 2.75) is 32.4 Å². The number of rotatable bonds is 5. The van der Waals surface area contributed by atoms with E-state index in [0.29, 0.717) is 5.69 Å². The Balaban J connectivity index is 1.65. The van der Waals surface area contributed by atoms with E-state index in [9.17, 15) is 22.8 Å². The van der Waals surface area contributed by atoms with Crippen LogP contribution in [0.5, 0.6) is 0 Å². The van der Waals surface area contributed by atoms with E-state index in [0.717, 1.165) is 38.1 Å². The molecule has 0 aliphatic carbocycles. The number of benzene rings is 1. The molecule has 0 saturated carbocycles. The average molecular weight is 394 g/mol. The second-order valence-electron chi connectivity index (χ2n) is 6.70. The largest absolute Gasteiger partial charge is 0.416 e. The highest BCUT2D eigenvalue weighted by Gasteiger charge is 2.30. The van der Waals surface area contributed by atoms with Crippen molar-refractivity contribution >= 4 is 11.8 Å². The van der Waals surface area contributed by atoms with Crippen molar-refractivity contribution in [2.75, 3.05) is 19.6 Å². The fourth-order valence-electron chi connectivity index (χ4n) is 3.21. The van der Waals surface area contributed by atoms with E-state index in [-0.39, 0.29) is 30.1 Å². The molecule has 2 aromatic rings. The summed E-state index contributed by atoms with van der Waals surface area (Å²) in [7, 11) is 0. The molecule has 1 aliphatic rings. The van der Waals surface area contributed by atoms with Gasteiger partial charge in [-0.1, -0.05) is 6.07 Å². The smallest absolute Gasteiger partial charge is 0.351 e. The number of halogens is 3. The number of alkyl halides is 3. The van der Waals surface area contributed by atoms with Gasteiger partial charge in [-0.05, 0) is 38.0 Å². The third-order valence-corrected chi connectivity index (χ3v) is 4.76. The first-order valence-electron chi connectivity index (χ1n) is 9.05. The highest BCUT2D eigenvalue weighted by Crippen LogP contribution is 2.30. The van der Waals surface area contributed by atoms with E-state index in [4.69, 9.17) is 0 Å². The van der Waals surface area contributed by atoms with Gasteiger partial charge in [0.2, 0.25) is 5.91 Å². The fraction of sp³-hybridized carbons (Fsp3) is 0.421. The minimum absolute atomic E-state index is 0.00850. The first-order chi connectivity index (χ1) is 13.3. The third-order valence-electron chi connectivity index (χ3n) is 4.76. The zero-order valence-electron chi connectivity index (χ0n) is 15.4. The molecular weight excluding hydrogens is 373 g/mol. The molecule has 150 valence electrons. The van der Waals surface area contributed by atoms with E-state index in [2.05, 4.69) is 10.4 Å². The summed E-state index contributed by atoms with van der Waals surface area (Å²) in [5.41, 5.74) is 0.107. The minimum Gasteiger partial charge on any atom is -0.351 e. The third kappa shape index (κ3) is 4.35. The van der Waals surface area contributed by atoms with Crippen LogP contribution in [0.1, 0.15) is 40.9 Å². The Hall–Kier alpha value is -2.84. The molecule has 2 amide bonds. The lowest BCUT2D eigenvalue weighted by Gasteiger charge is -2.15. The summed E-state index contributed by atoms with van der Waals surface area (Å²) in [4.78, 5) is 26.1. The second kappa shape index (κ2) is 8.04. The molecule has 6 nitrogen and oxygen atoms in total. The minimum atomic E-state index is -4.46. The fourth-order valence-corrected chi connectivity index (χ4v) is 3.21. The molecule has 1 saturated heterocycles. The zero-order valence-corrected chi connectivity index (χ0v) is 15.4. The predicted octanol–water partition coefficient (Wildman–Crippen LogP) is 2.94. The lowest BCUT2D eigenvalue weighted by Crippen LogP contribution is -2.32. The Morgan fingerprint density at radius 2 is 1.93 bits per heavy atom. The maximum Gasteiger partial charge on any atom is 0.416 e. The maximum atomic E-state index is 12.9. The van der Waals surface area contributed by atoms with Crippen LogP contribution < -0.4 is 5.32 Å². The van der Waals surface area contributed by atoms with Gasteiger partial charge in [-0.25, -0.2) is 4.68 Å². The highest BCUT2D eigenvalue weighted by atomic mass is 19.4. The Morgan fingerprint density at radius 3 is 2.61 bits per heavy atom. The molecule has 2 heterocycles. The van der Waals surface area contributed by atoms with Gasteiger partial charge < -0.3 is 10.2 Å². The number of aromatic nitrogens is 2. The molecule has 1 aromatic carbocycles. The van der Waals surface area contributed by atoms with Crippen molar-refractivity contribution in [3.8, 4) is 5.69 Å². The second-order valence-corrected chi connectivity index (χ2v) is 6.70. The molecule has 0 bridgehead atoms. The summed E-state index contributed by atoms with van der Waals surface area (Å²) in [6, 6.07) is 4.75. The summed E-state index contributed by atoms with van der Waals surface area (Å²) in [6.45, 7) is 3.32. The van der Waals surface area contributed by atoms with Crippen LogP contribution in [0.2, 0.25) is 0 Å². The van der Waals surface area contributed by atoms with Crippen molar-refractivity contribution in [3.63, 3.8) is 0 Å². The number of nitrogens with one attached hydrogen (secondary N) is 1. The first-order valence-corrected chi connectivity index (χ1v) is 9.05. The van der Waals surface area contributed by atoms with Crippen LogP contribution >= 0.6 is 0 Å². The number of nitrogens with zero attached hydrogens (tertiary/aromatic N) is 3. The number of hydrogen-bond donors (Lipinski definition) is 1. The van der Waals surface area contributed by atoms with E-state index >= 15 is 0 Å². The van der Waals surface area contributed by atoms with E-state index < -0.39 is 17.6 Å². The molecule has 28 heavy (non-hydrogen) atoms. The number of amides is 2. The SMILES string of the molecule is Cc1c(C(=O)NCCC(=O)N2CCCC2)cnn1-c1cccc(C(F)(F)F)c1. The van der Waals surface area contributed by atoms with Gasteiger partial charge in [0.1, 0.15) is 0 Å². The number of carbonyl (C=O) groups is 2. The van der Waals surface area contributed by atoms with E-state index in [1.54, 1.807) is 11.8 Å². The van der Waals surface area contributed by atoms with Gasteiger partial charge in [0.15, 0.2) is 0 Å². The number of carbonyl (C=O) groups excluding carboxylic acids is 2. The number of hydrogen-bond acceptors (Lipinski definition) is 3. The molecule has 1 aromatic heterocycles. The van der Waals surface area contributed by atoms with E-state index in [1.807, 2.05) is 0 Å². The van der Waals surface area contributed by atoms with Crippen LogP contribution in [-0.2, 0) is 11.0 Å². The topological polar surface area (TPSA) is 67.2 Å². The van der Waals surface area contributed by atoms with Gasteiger partial charge in [0, 0.05) is 26.1 Å². The van der Waals surface area contributed by atoms with Crippen molar-refractivity contribution in [1.29, 1.82) is 0 Å². The van der Waals surface area contributed by atoms with Gasteiger partial charge in [-0.3, -0.25) is 9.59 Å². The monoisotopic (exact) mass is 394 g/mol. The lowest BCUT2D eigenvalue weighted by atomic mass is 10.2. The van der Waals surface area contributed by atoms with Gasteiger partial charge in [-0.2, -0.15) is 18.3 Å². The summed E-state index contributed by atoms with van der Waals surface area (Å²) < 4.78 is 40.0. The van der Waals surface area contributed by atoms with Crippen LogP contribution in [0.25, 0.3) is 5.69 Å². The number of likely N-dealkylation sites (tertiary alicyclic amines) is 1. The molecule has 0 unspecified atom stereocenters. The van der Waals surface area contributed by atoms with Crippen molar-refractivity contribution < 1.29 is 22.8 Å². The average Bonchev–Trinajstić information content (AvgIpc) is 3.31. The normalized spacial score (nSPS) is 14.4. The molecule has 0 spiro atoms. The van der Waals surface area contributed by atoms with Crippen molar-refractivity contribution in [3.05, 3.63) is 47.3 Å². The lowest BCUT2D eigenvalue weighted by molar-refractivity contribution is -0.137. The molecule has 9 heteroatoms. The quantitative estimate of drug-likeness (QED) is 0.848. The highest BCUT2D eigenvalue weighted by molar-refractivity contribution is 5.95. The van der Waals surface area contributed by atoms with Crippen LogP contribution in [0.3, 0.4) is 0 Å². The summed E-state index contributed by atoms with van der Waals surface area (Å²) in [5, 5.41) is 6.72. The summed E-state index contributed by atoms with van der Waals surface area (Å²) in [6.07, 6.45) is -0.920. The Labute approximate surface area is 160 Å². The first kappa shape index (κ1) is 19.9. The zero-order chi connectivity index (χ0) is 20.3. The van der Waals surface area contributed by atoms with Crippen LogP contribution in [-0.4, -0.2) is 46.1 Å². The Kier molecular flexibility index (Phi) is 5.71. The van der Waals surface area contributed by atoms with Gasteiger partial charge in [0.05, 0.1) is 28.7 Å². The maximum absolute atomic E-state index is 12.9. The van der Waals surface area contributed by atoms with Gasteiger partial charge >= 0.3 is 6.18 Å². The molecule has 1 aliphatic heterocycles. The Morgan fingerprint density at radius 1 is 1.21 bits per heavy atom. The van der Waals surface area contributed by atoms with E-state index in [1.165, 1.54) is 23.0 Å². The van der Waals surface area contributed by atoms with Crippen LogP contribution in [0.4, 0.5) is 13.2 Å². The molecule has 0 radical (unpaired) electrons. The summed E-state index contributed by atoms with van der Waals surface area (Å²) in [5.74, 6) is -0.404. The van der Waals surface area contributed by atoms with Crippen molar-refractivity contribution in [2.24, 2.45) is 0 Å². The predicted molar refractivity (Wildman–Crippen MR) is 96.1 cm³/mol. The van der Waals surface area contributed by atoms with Crippen molar-refractivity contribution in [1.82, 2.24) is 20.0 Å². The Bertz CT molecular complexity index is 870. The van der Waals surface area contributed by atoms with Gasteiger partial charge in [-0.15, -0.1) is 0 Å². The molecule has 3 rings (SSSR count). The van der Waals surface area contributed by atoms with Gasteiger partial charge in [0.25, 0.3) is 5.91 Å².